The Kier molecular flexibility index (Phi) is 5.61. The molecule has 138 valence electrons. The van der Waals surface area contributed by atoms with Crippen molar-refractivity contribution in [2.75, 3.05) is 5.32 Å². The molecule has 1 aromatic heterocycles. The van der Waals surface area contributed by atoms with Crippen LogP contribution in [0.4, 0.5) is 5.69 Å². The van der Waals surface area contributed by atoms with Crippen LogP contribution >= 0.6 is 0 Å². The minimum atomic E-state index is -0.447. The fourth-order valence-electron chi connectivity index (χ4n) is 2.54. The Bertz CT molecular complexity index is 920. The molecule has 0 radical (unpaired) electrons. The van der Waals surface area contributed by atoms with Crippen molar-refractivity contribution >= 4 is 17.5 Å². The Morgan fingerprint density at radius 2 is 1.93 bits per heavy atom. The molecule has 0 saturated carbocycles. The molecule has 2 amide bonds. The Morgan fingerprint density at radius 1 is 1.15 bits per heavy atom. The second kappa shape index (κ2) is 8.27. The summed E-state index contributed by atoms with van der Waals surface area (Å²) in [5.41, 5.74) is 3.26. The number of anilines is 1. The zero-order valence-electron chi connectivity index (χ0n) is 15.2. The van der Waals surface area contributed by atoms with E-state index in [1.54, 1.807) is 19.1 Å². The number of nitrogens with one attached hydrogen (secondary N) is 2. The molecule has 0 spiro atoms. The minimum Gasteiger partial charge on any atom is -0.350 e. The fraction of sp³-hybridized carbons (Fsp3) is 0.200. The summed E-state index contributed by atoms with van der Waals surface area (Å²) in [6.45, 7) is 4.08. The molecule has 3 aromatic rings. The summed E-state index contributed by atoms with van der Waals surface area (Å²) < 4.78 is 1.49. The van der Waals surface area contributed by atoms with Gasteiger partial charge in [0.05, 0.1) is 0 Å². The maximum atomic E-state index is 12.3. The highest BCUT2D eigenvalue weighted by Crippen LogP contribution is 2.13. The monoisotopic (exact) mass is 363 g/mol. The quantitative estimate of drug-likeness (QED) is 0.705. The molecule has 3 rings (SSSR count). The van der Waals surface area contributed by atoms with Crippen molar-refractivity contribution in [2.45, 2.75) is 26.4 Å². The molecule has 1 heterocycles. The summed E-state index contributed by atoms with van der Waals surface area (Å²) in [6, 6.07) is 14.3. The first-order valence-corrected chi connectivity index (χ1v) is 8.62. The van der Waals surface area contributed by atoms with E-state index in [-0.39, 0.29) is 11.8 Å². The van der Waals surface area contributed by atoms with Gasteiger partial charge in [-0.2, -0.15) is 5.10 Å². The number of benzene rings is 2. The van der Waals surface area contributed by atoms with E-state index in [0.717, 1.165) is 11.1 Å². The molecule has 7 heteroatoms. The lowest BCUT2D eigenvalue weighted by atomic mass is 10.1. The molecule has 1 atom stereocenters. The number of rotatable bonds is 6. The molecule has 2 aromatic carbocycles. The second-order valence-electron chi connectivity index (χ2n) is 6.29. The predicted octanol–water partition coefficient (Wildman–Crippen LogP) is 2.72. The average molecular weight is 363 g/mol. The summed E-state index contributed by atoms with van der Waals surface area (Å²) in [6.07, 6.45) is 2.90. The first kappa shape index (κ1) is 18.3. The highest BCUT2D eigenvalue weighted by atomic mass is 16.2. The van der Waals surface area contributed by atoms with Gasteiger partial charge in [0.25, 0.3) is 5.91 Å². The van der Waals surface area contributed by atoms with E-state index in [1.807, 2.05) is 43.3 Å². The van der Waals surface area contributed by atoms with Crippen LogP contribution in [0.1, 0.15) is 34.5 Å². The van der Waals surface area contributed by atoms with E-state index < -0.39 is 6.04 Å². The SMILES string of the molecule is Cc1ccc(C(=O)Nc2cccc(CNC(=O)[C@@H](C)n3cncn3)c2)cc1. The van der Waals surface area contributed by atoms with Crippen LogP contribution in [0.15, 0.2) is 61.2 Å². The lowest BCUT2D eigenvalue weighted by molar-refractivity contribution is -0.124. The van der Waals surface area contributed by atoms with Crippen molar-refractivity contribution in [1.82, 2.24) is 20.1 Å². The van der Waals surface area contributed by atoms with Gasteiger partial charge in [-0.1, -0.05) is 29.8 Å². The van der Waals surface area contributed by atoms with Gasteiger partial charge in [0.1, 0.15) is 18.7 Å². The maximum Gasteiger partial charge on any atom is 0.255 e. The number of aromatic nitrogens is 3. The molecule has 2 N–H and O–H groups in total. The van der Waals surface area contributed by atoms with E-state index >= 15 is 0 Å². The van der Waals surface area contributed by atoms with Crippen molar-refractivity contribution in [3.63, 3.8) is 0 Å². The minimum absolute atomic E-state index is 0.158. The van der Waals surface area contributed by atoms with Gasteiger partial charge in [0.15, 0.2) is 0 Å². The highest BCUT2D eigenvalue weighted by molar-refractivity contribution is 6.04. The maximum absolute atomic E-state index is 12.3. The van der Waals surface area contributed by atoms with Crippen LogP contribution < -0.4 is 10.6 Å². The van der Waals surface area contributed by atoms with Gasteiger partial charge in [-0.3, -0.25) is 9.59 Å². The van der Waals surface area contributed by atoms with Crippen molar-refractivity contribution < 1.29 is 9.59 Å². The van der Waals surface area contributed by atoms with Gasteiger partial charge < -0.3 is 10.6 Å². The van der Waals surface area contributed by atoms with E-state index in [4.69, 9.17) is 0 Å². The van der Waals surface area contributed by atoms with Gasteiger partial charge in [0, 0.05) is 17.8 Å². The van der Waals surface area contributed by atoms with E-state index in [2.05, 4.69) is 20.7 Å². The van der Waals surface area contributed by atoms with E-state index in [9.17, 15) is 9.59 Å². The zero-order valence-corrected chi connectivity index (χ0v) is 15.2. The number of hydrogen-bond acceptors (Lipinski definition) is 4. The summed E-state index contributed by atoms with van der Waals surface area (Å²) in [5, 5.41) is 9.71. The first-order chi connectivity index (χ1) is 13.0. The van der Waals surface area contributed by atoms with E-state index in [1.165, 1.54) is 17.3 Å². The van der Waals surface area contributed by atoms with Crippen LogP contribution in [0.3, 0.4) is 0 Å². The normalized spacial score (nSPS) is 11.6. The number of hydrogen-bond donors (Lipinski definition) is 2. The van der Waals surface area contributed by atoms with Crippen LogP contribution in [0.25, 0.3) is 0 Å². The van der Waals surface area contributed by atoms with Crippen molar-refractivity contribution in [3.05, 3.63) is 77.9 Å². The Balaban J connectivity index is 1.59. The topological polar surface area (TPSA) is 88.9 Å². The van der Waals surface area contributed by atoms with Gasteiger partial charge in [-0.25, -0.2) is 9.67 Å². The molecular formula is C20H21N5O2. The third kappa shape index (κ3) is 4.78. The molecule has 0 unspecified atom stereocenters. The third-order valence-electron chi connectivity index (χ3n) is 4.18. The van der Waals surface area contributed by atoms with Crippen LogP contribution in [0.2, 0.25) is 0 Å². The molecule has 27 heavy (non-hydrogen) atoms. The molecule has 0 saturated heterocycles. The zero-order chi connectivity index (χ0) is 19.2. The number of aryl methyl sites for hydroxylation is 1. The summed E-state index contributed by atoms with van der Waals surface area (Å²) in [5.74, 6) is -0.328. The standard InChI is InChI=1S/C20H21N5O2/c1-14-6-8-17(9-7-14)20(27)24-18-5-3-4-16(10-18)11-22-19(26)15(2)25-13-21-12-23-25/h3-10,12-13,15H,11H2,1-2H3,(H,22,26)(H,24,27)/t15-/m1/s1. The van der Waals surface area contributed by atoms with Crippen molar-refractivity contribution in [1.29, 1.82) is 0 Å². The summed E-state index contributed by atoms with van der Waals surface area (Å²) >= 11 is 0. The Morgan fingerprint density at radius 3 is 2.63 bits per heavy atom. The van der Waals surface area contributed by atoms with Crippen molar-refractivity contribution in [3.8, 4) is 0 Å². The lowest BCUT2D eigenvalue weighted by Crippen LogP contribution is -2.30. The molecule has 0 aliphatic carbocycles. The third-order valence-corrected chi connectivity index (χ3v) is 4.18. The smallest absolute Gasteiger partial charge is 0.255 e. The molecular weight excluding hydrogens is 342 g/mol. The molecule has 0 aliphatic rings. The Hall–Kier alpha value is -3.48. The predicted molar refractivity (Wildman–Crippen MR) is 102 cm³/mol. The fourth-order valence-corrected chi connectivity index (χ4v) is 2.54. The van der Waals surface area contributed by atoms with Crippen LogP contribution in [0.5, 0.6) is 0 Å². The van der Waals surface area contributed by atoms with Gasteiger partial charge in [-0.05, 0) is 43.7 Å². The number of carbonyl (C=O) groups is 2. The van der Waals surface area contributed by atoms with Gasteiger partial charge in [0.2, 0.25) is 5.91 Å². The molecule has 7 nitrogen and oxygen atoms in total. The van der Waals surface area contributed by atoms with Crippen LogP contribution in [-0.4, -0.2) is 26.6 Å². The van der Waals surface area contributed by atoms with Gasteiger partial charge in [-0.15, -0.1) is 0 Å². The lowest BCUT2D eigenvalue weighted by Gasteiger charge is -2.13. The second-order valence-corrected chi connectivity index (χ2v) is 6.29. The highest BCUT2D eigenvalue weighted by Gasteiger charge is 2.15. The molecule has 0 fully saturated rings. The molecule has 0 bridgehead atoms. The average Bonchev–Trinajstić information content (AvgIpc) is 3.21. The summed E-state index contributed by atoms with van der Waals surface area (Å²) in [7, 11) is 0. The Labute approximate surface area is 157 Å². The van der Waals surface area contributed by atoms with Crippen LogP contribution in [0, 0.1) is 6.92 Å². The van der Waals surface area contributed by atoms with Crippen LogP contribution in [-0.2, 0) is 11.3 Å². The number of carbonyl (C=O) groups excluding carboxylic acids is 2. The van der Waals surface area contributed by atoms with E-state index in [0.29, 0.717) is 17.8 Å². The van der Waals surface area contributed by atoms with Gasteiger partial charge >= 0.3 is 0 Å². The largest absolute Gasteiger partial charge is 0.350 e. The number of nitrogens with zero attached hydrogens (tertiary/aromatic N) is 3. The molecule has 0 aliphatic heterocycles. The first-order valence-electron chi connectivity index (χ1n) is 8.62. The summed E-state index contributed by atoms with van der Waals surface area (Å²) in [4.78, 5) is 28.4. The van der Waals surface area contributed by atoms with Crippen molar-refractivity contribution in [2.24, 2.45) is 0 Å². The number of amides is 2.